The molecule has 2 heterocycles. The van der Waals surface area contributed by atoms with Crippen LogP contribution in [0.15, 0.2) is 36.5 Å². The zero-order chi connectivity index (χ0) is 19.4. The second-order valence-corrected chi connectivity index (χ2v) is 6.58. The van der Waals surface area contributed by atoms with Crippen LogP contribution in [0.4, 0.5) is 5.82 Å². The van der Waals surface area contributed by atoms with Crippen LogP contribution in [0.2, 0.25) is 0 Å². The van der Waals surface area contributed by atoms with E-state index in [1.165, 1.54) is 6.92 Å². The number of ether oxygens (including phenoxy) is 1. The summed E-state index contributed by atoms with van der Waals surface area (Å²) in [6.45, 7) is 2.59. The molecule has 0 radical (unpaired) electrons. The van der Waals surface area contributed by atoms with Gasteiger partial charge in [-0.1, -0.05) is 0 Å². The molecule has 1 atom stereocenters. The van der Waals surface area contributed by atoms with E-state index in [4.69, 9.17) is 4.74 Å². The van der Waals surface area contributed by atoms with E-state index in [9.17, 15) is 14.7 Å². The first-order valence-corrected chi connectivity index (χ1v) is 8.95. The van der Waals surface area contributed by atoms with Gasteiger partial charge < -0.3 is 20.1 Å². The van der Waals surface area contributed by atoms with Crippen molar-refractivity contribution in [1.82, 2.24) is 14.7 Å². The number of amides is 2. The van der Waals surface area contributed by atoms with E-state index in [2.05, 4.69) is 10.4 Å². The minimum atomic E-state index is -0.981. The minimum absolute atomic E-state index is 0.0872. The molecule has 1 aromatic carbocycles. The van der Waals surface area contributed by atoms with Crippen molar-refractivity contribution in [1.29, 1.82) is 0 Å². The molecule has 1 aliphatic heterocycles. The number of piperidine rings is 1. The summed E-state index contributed by atoms with van der Waals surface area (Å²) in [6, 6.07) is 8.73. The molecule has 2 amide bonds. The van der Waals surface area contributed by atoms with E-state index in [-0.39, 0.29) is 17.9 Å². The van der Waals surface area contributed by atoms with Gasteiger partial charge in [-0.25, -0.2) is 4.68 Å². The van der Waals surface area contributed by atoms with Gasteiger partial charge in [-0.05, 0) is 44.0 Å². The molecule has 8 nitrogen and oxygen atoms in total. The monoisotopic (exact) mass is 372 g/mol. The average Bonchev–Trinajstić information content (AvgIpc) is 3.15. The summed E-state index contributed by atoms with van der Waals surface area (Å²) in [5, 5.41) is 16.7. The molecule has 0 saturated carbocycles. The molecule has 1 aromatic heterocycles. The third-order valence-corrected chi connectivity index (χ3v) is 4.74. The summed E-state index contributed by atoms with van der Waals surface area (Å²) >= 11 is 0. The highest BCUT2D eigenvalue weighted by atomic mass is 16.5. The van der Waals surface area contributed by atoms with Gasteiger partial charge in [-0.15, -0.1) is 0 Å². The maximum absolute atomic E-state index is 12.5. The van der Waals surface area contributed by atoms with E-state index in [0.717, 1.165) is 0 Å². The van der Waals surface area contributed by atoms with Gasteiger partial charge in [0, 0.05) is 24.7 Å². The molecule has 3 rings (SSSR count). The molecule has 1 fully saturated rings. The lowest BCUT2D eigenvalue weighted by Crippen LogP contribution is -2.43. The number of hydrogen-bond acceptors (Lipinski definition) is 5. The molecule has 8 heteroatoms. The molecule has 0 aliphatic carbocycles. The maximum Gasteiger partial charge on any atom is 0.256 e. The van der Waals surface area contributed by atoms with Crippen LogP contribution in [-0.4, -0.2) is 57.9 Å². The normalized spacial score (nSPS) is 16.0. The number of rotatable bonds is 5. The molecule has 27 heavy (non-hydrogen) atoms. The van der Waals surface area contributed by atoms with E-state index in [0.29, 0.717) is 43.1 Å². The van der Waals surface area contributed by atoms with Gasteiger partial charge in [0.05, 0.1) is 19.3 Å². The fraction of sp³-hybridized carbons (Fsp3) is 0.421. The van der Waals surface area contributed by atoms with E-state index >= 15 is 0 Å². The number of carbonyl (C=O) groups excluding carboxylic acids is 2. The molecule has 0 spiro atoms. The molecule has 1 unspecified atom stereocenters. The lowest BCUT2D eigenvalue weighted by atomic mass is 10.0. The second-order valence-electron chi connectivity index (χ2n) is 6.58. The fourth-order valence-corrected chi connectivity index (χ4v) is 3.23. The zero-order valence-corrected chi connectivity index (χ0v) is 15.5. The number of benzene rings is 1. The highest BCUT2D eigenvalue weighted by Gasteiger charge is 2.27. The quantitative estimate of drug-likeness (QED) is 0.833. The summed E-state index contributed by atoms with van der Waals surface area (Å²) in [5.41, 5.74) is 0.529. The Labute approximate surface area is 157 Å². The highest BCUT2D eigenvalue weighted by molar-refractivity contribution is 6.03. The summed E-state index contributed by atoms with van der Waals surface area (Å²) in [7, 11) is 1.58. The standard InChI is InChI=1S/C19H24N4O4/c1-13(24)19(26)22-11-8-15(9-12-22)23-17(7-10-20-23)21-18(25)14-3-5-16(27-2)6-4-14/h3-7,10,13,15,24H,8-9,11-12H2,1-2H3,(H,21,25). The predicted molar refractivity (Wildman–Crippen MR) is 99.7 cm³/mol. The van der Waals surface area contributed by atoms with Gasteiger partial charge in [0.1, 0.15) is 17.7 Å². The number of hydrogen-bond donors (Lipinski definition) is 2. The topological polar surface area (TPSA) is 96.7 Å². The van der Waals surface area contributed by atoms with Crippen LogP contribution < -0.4 is 10.1 Å². The van der Waals surface area contributed by atoms with Gasteiger partial charge in [0.15, 0.2) is 0 Å². The Morgan fingerprint density at radius 2 is 1.89 bits per heavy atom. The first-order chi connectivity index (χ1) is 13.0. The van der Waals surface area contributed by atoms with Crippen LogP contribution >= 0.6 is 0 Å². The van der Waals surface area contributed by atoms with Crippen LogP contribution in [0, 0.1) is 0 Å². The molecule has 2 N–H and O–H groups in total. The Balaban J connectivity index is 1.64. The number of likely N-dealkylation sites (tertiary alicyclic amines) is 1. The predicted octanol–water partition coefficient (Wildman–Crippen LogP) is 1.69. The molecule has 0 bridgehead atoms. The number of aromatic nitrogens is 2. The van der Waals surface area contributed by atoms with E-state index in [1.54, 1.807) is 53.2 Å². The lowest BCUT2D eigenvalue weighted by Gasteiger charge is -2.33. The third kappa shape index (κ3) is 4.28. The van der Waals surface area contributed by atoms with Gasteiger partial charge in [-0.3, -0.25) is 9.59 Å². The number of aliphatic hydroxyl groups is 1. The number of carbonyl (C=O) groups is 2. The first kappa shape index (κ1) is 18.9. The number of anilines is 1. The third-order valence-electron chi connectivity index (χ3n) is 4.74. The molecule has 1 saturated heterocycles. The van der Waals surface area contributed by atoms with Crippen molar-refractivity contribution in [2.24, 2.45) is 0 Å². The van der Waals surface area contributed by atoms with Crippen molar-refractivity contribution in [2.45, 2.75) is 31.9 Å². The smallest absolute Gasteiger partial charge is 0.256 e. The van der Waals surface area contributed by atoms with Crippen molar-refractivity contribution < 1.29 is 19.4 Å². The molecular weight excluding hydrogens is 348 g/mol. The molecule has 144 valence electrons. The minimum Gasteiger partial charge on any atom is -0.497 e. The van der Waals surface area contributed by atoms with E-state index in [1.807, 2.05) is 0 Å². The van der Waals surface area contributed by atoms with E-state index < -0.39 is 6.10 Å². The summed E-state index contributed by atoms with van der Waals surface area (Å²) in [6.07, 6.45) is 2.10. The fourth-order valence-electron chi connectivity index (χ4n) is 3.23. The second kappa shape index (κ2) is 8.22. The molecule has 2 aromatic rings. The van der Waals surface area contributed by atoms with Gasteiger partial charge >= 0.3 is 0 Å². The summed E-state index contributed by atoms with van der Waals surface area (Å²) < 4.78 is 6.90. The van der Waals surface area contributed by atoms with Crippen LogP contribution in [0.5, 0.6) is 5.75 Å². The van der Waals surface area contributed by atoms with Crippen molar-refractivity contribution in [2.75, 3.05) is 25.5 Å². The Morgan fingerprint density at radius 1 is 1.22 bits per heavy atom. The number of methoxy groups -OCH3 is 1. The summed E-state index contributed by atoms with van der Waals surface area (Å²) in [4.78, 5) is 26.0. The summed E-state index contributed by atoms with van der Waals surface area (Å²) in [5.74, 6) is 0.842. The zero-order valence-electron chi connectivity index (χ0n) is 15.5. The van der Waals surface area contributed by atoms with Gasteiger partial charge in [-0.2, -0.15) is 5.10 Å². The SMILES string of the molecule is COc1ccc(C(=O)Nc2ccnn2C2CCN(C(=O)C(C)O)CC2)cc1. The van der Waals surface area contributed by atoms with Gasteiger partial charge in [0.25, 0.3) is 11.8 Å². The Hall–Kier alpha value is -2.87. The Morgan fingerprint density at radius 3 is 2.48 bits per heavy atom. The van der Waals surface area contributed by atoms with Crippen molar-refractivity contribution in [3.63, 3.8) is 0 Å². The lowest BCUT2D eigenvalue weighted by molar-refractivity contribution is -0.140. The van der Waals surface area contributed by atoms with Crippen LogP contribution in [-0.2, 0) is 4.79 Å². The Kier molecular flexibility index (Phi) is 5.75. The van der Waals surface area contributed by atoms with Crippen molar-refractivity contribution in [3.05, 3.63) is 42.1 Å². The largest absolute Gasteiger partial charge is 0.497 e. The van der Waals surface area contributed by atoms with Crippen LogP contribution in [0.3, 0.4) is 0 Å². The number of nitrogens with one attached hydrogen (secondary N) is 1. The number of nitrogens with zero attached hydrogens (tertiary/aromatic N) is 3. The van der Waals surface area contributed by atoms with Crippen LogP contribution in [0.25, 0.3) is 0 Å². The molecular formula is C19H24N4O4. The van der Waals surface area contributed by atoms with Crippen molar-refractivity contribution >= 4 is 17.6 Å². The van der Waals surface area contributed by atoms with Crippen molar-refractivity contribution in [3.8, 4) is 5.75 Å². The maximum atomic E-state index is 12.5. The highest BCUT2D eigenvalue weighted by Crippen LogP contribution is 2.26. The number of aliphatic hydroxyl groups excluding tert-OH is 1. The Bertz CT molecular complexity index is 792. The van der Waals surface area contributed by atoms with Crippen LogP contribution in [0.1, 0.15) is 36.2 Å². The first-order valence-electron chi connectivity index (χ1n) is 8.95. The van der Waals surface area contributed by atoms with Gasteiger partial charge in [0.2, 0.25) is 0 Å². The molecule has 1 aliphatic rings. The average molecular weight is 372 g/mol.